The van der Waals surface area contributed by atoms with Crippen LogP contribution in [-0.4, -0.2) is 36.1 Å². The number of hydrogen-bond donors (Lipinski definition) is 2. The van der Waals surface area contributed by atoms with Crippen molar-refractivity contribution in [2.75, 3.05) is 20.1 Å². The SMILES string of the molecule is CN=C(NCCc1ccc(Cl)nc1)NCCc1csc(C(C)C)n1.I. The van der Waals surface area contributed by atoms with Crippen LogP contribution < -0.4 is 10.6 Å². The number of nitrogens with one attached hydrogen (secondary N) is 2. The third-order valence-corrected chi connectivity index (χ3v) is 4.87. The number of aromatic nitrogens is 2. The van der Waals surface area contributed by atoms with E-state index < -0.39 is 0 Å². The van der Waals surface area contributed by atoms with Crippen LogP contribution in [0, 0.1) is 0 Å². The van der Waals surface area contributed by atoms with Crippen LogP contribution in [0.25, 0.3) is 0 Å². The molecule has 0 aliphatic carbocycles. The standard InChI is InChI=1S/C17H24ClN5S.HI/c1-12(2)16-23-14(11-24-16)7-9-21-17(19-3)20-8-6-13-4-5-15(18)22-10-13;/h4-5,10-12H,6-9H2,1-3H3,(H2,19,20,21);1H. The molecule has 0 amide bonds. The minimum absolute atomic E-state index is 0. The maximum absolute atomic E-state index is 5.78. The average molecular weight is 494 g/mol. The molecule has 2 heterocycles. The number of aliphatic imine (C=N–C) groups is 1. The highest BCUT2D eigenvalue weighted by Crippen LogP contribution is 2.19. The monoisotopic (exact) mass is 493 g/mol. The van der Waals surface area contributed by atoms with Crippen molar-refractivity contribution < 1.29 is 0 Å². The van der Waals surface area contributed by atoms with Crippen LogP contribution in [0.2, 0.25) is 5.15 Å². The van der Waals surface area contributed by atoms with Gasteiger partial charge < -0.3 is 10.6 Å². The van der Waals surface area contributed by atoms with E-state index in [1.54, 1.807) is 24.6 Å². The van der Waals surface area contributed by atoms with Crippen LogP contribution in [0.1, 0.15) is 36.0 Å². The van der Waals surface area contributed by atoms with Gasteiger partial charge in [0, 0.05) is 44.1 Å². The van der Waals surface area contributed by atoms with Gasteiger partial charge in [0.1, 0.15) is 5.15 Å². The molecule has 2 aromatic rings. The Balaban J connectivity index is 0.00000312. The van der Waals surface area contributed by atoms with Crippen molar-refractivity contribution in [3.05, 3.63) is 45.1 Å². The summed E-state index contributed by atoms with van der Waals surface area (Å²) in [5.74, 6) is 1.30. The van der Waals surface area contributed by atoms with Gasteiger partial charge in [-0.3, -0.25) is 4.99 Å². The van der Waals surface area contributed by atoms with E-state index >= 15 is 0 Å². The Hall–Kier alpha value is -0.930. The predicted molar refractivity (Wildman–Crippen MR) is 118 cm³/mol. The molecule has 0 spiro atoms. The molecule has 0 bridgehead atoms. The van der Waals surface area contributed by atoms with Gasteiger partial charge in [-0.25, -0.2) is 9.97 Å². The van der Waals surface area contributed by atoms with Gasteiger partial charge in [-0.15, -0.1) is 35.3 Å². The molecule has 5 nitrogen and oxygen atoms in total. The van der Waals surface area contributed by atoms with Crippen molar-refractivity contribution in [1.29, 1.82) is 0 Å². The summed E-state index contributed by atoms with van der Waals surface area (Å²) in [6.45, 7) is 5.94. The zero-order valence-electron chi connectivity index (χ0n) is 14.8. The van der Waals surface area contributed by atoms with E-state index in [1.165, 1.54) is 5.01 Å². The lowest BCUT2D eigenvalue weighted by molar-refractivity contribution is 0.770. The van der Waals surface area contributed by atoms with Crippen molar-refractivity contribution in [3.63, 3.8) is 0 Å². The summed E-state index contributed by atoms with van der Waals surface area (Å²) >= 11 is 7.52. The lowest BCUT2D eigenvalue weighted by atomic mass is 10.2. The van der Waals surface area contributed by atoms with Crippen LogP contribution in [-0.2, 0) is 12.8 Å². The van der Waals surface area contributed by atoms with E-state index in [-0.39, 0.29) is 24.0 Å². The predicted octanol–water partition coefficient (Wildman–Crippen LogP) is 3.88. The molecule has 0 saturated carbocycles. The molecule has 2 rings (SSSR count). The van der Waals surface area contributed by atoms with Crippen LogP contribution in [0.4, 0.5) is 0 Å². The Labute approximate surface area is 175 Å². The van der Waals surface area contributed by atoms with E-state index in [4.69, 9.17) is 11.6 Å². The Kier molecular flexibility index (Phi) is 10.3. The van der Waals surface area contributed by atoms with Crippen molar-refractivity contribution in [2.24, 2.45) is 4.99 Å². The third-order valence-electron chi connectivity index (χ3n) is 3.46. The second-order valence-corrected chi connectivity index (χ2v) is 7.02. The lowest BCUT2D eigenvalue weighted by Gasteiger charge is -2.11. The van der Waals surface area contributed by atoms with Gasteiger partial charge in [0.25, 0.3) is 0 Å². The van der Waals surface area contributed by atoms with Gasteiger partial charge in [-0.05, 0) is 18.1 Å². The minimum Gasteiger partial charge on any atom is -0.356 e. The number of halogens is 2. The summed E-state index contributed by atoms with van der Waals surface area (Å²) in [5, 5.41) is 10.5. The molecular weight excluding hydrogens is 469 g/mol. The molecule has 0 atom stereocenters. The summed E-state index contributed by atoms with van der Waals surface area (Å²) in [6, 6.07) is 3.80. The summed E-state index contributed by atoms with van der Waals surface area (Å²) < 4.78 is 0. The average Bonchev–Trinajstić information content (AvgIpc) is 3.04. The summed E-state index contributed by atoms with van der Waals surface area (Å²) in [4.78, 5) is 13.0. The smallest absolute Gasteiger partial charge is 0.190 e. The van der Waals surface area contributed by atoms with Crippen LogP contribution in [0.5, 0.6) is 0 Å². The van der Waals surface area contributed by atoms with Crippen molar-refractivity contribution in [3.8, 4) is 0 Å². The Morgan fingerprint density at radius 3 is 2.52 bits per heavy atom. The number of rotatable bonds is 7. The molecule has 0 aliphatic rings. The zero-order valence-corrected chi connectivity index (χ0v) is 18.7. The first-order chi connectivity index (χ1) is 11.6. The fraction of sp³-hybridized carbons (Fsp3) is 0.471. The first-order valence-electron chi connectivity index (χ1n) is 8.07. The van der Waals surface area contributed by atoms with Gasteiger partial charge in [0.2, 0.25) is 0 Å². The van der Waals surface area contributed by atoms with Crippen LogP contribution in [0.3, 0.4) is 0 Å². The molecule has 0 saturated heterocycles. The third kappa shape index (κ3) is 7.87. The number of thiazole rings is 1. The maximum atomic E-state index is 5.78. The molecule has 138 valence electrons. The lowest BCUT2D eigenvalue weighted by Crippen LogP contribution is -2.39. The molecule has 0 aliphatic heterocycles. The zero-order chi connectivity index (χ0) is 17.4. The fourth-order valence-electron chi connectivity index (χ4n) is 2.11. The molecule has 0 unspecified atom stereocenters. The van der Waals surface area contributed by atoms with Gasteiger partial charge in [-0.2, -0.15) is 0 Å². The number of pyridine rings is 1. The van der Waals surface area contributed by atoms with Crippen LogP contribution >= 0.6 is 46.9 Å². The summed E-state index contributed by atoms with van der Waals surface area (Å²) in [7, 11) is 1.78. The van der Waals surface area contributed by atoms with E-state index in [2.05, 4.69) is 44.8 Å². The molecular formula is C17H25ClIN5S. The summed E-state index contributed by atoms with van der Waals surface area (Å²) in [5.41, 5.74) is 2.28. The molecule has 0 aromatic carbocycles. The number of hydrogen-bond acceptors (Lipinski definition) is 4. The highest BCUT2D eigenvalue weighted by molar-refractivity contribution is 14.0. The molecule has 25 heavy (non-hydrogen) atoms. The van der Waals surface area contributed by atoms with Crippen molar-refractivity contribution in [1.82, 2.24) is 20.6 Å². The highest BCUT2D eigenvalue weighted by atomic mass is 127. The largest absolute Gasteiger partial charge is 0.356 e. The van der Waals surface area contributed by atoms with E-state index in [9.17, 15) is 0 Å². The topological polar surface area (TPSA) is 62.2 Å². The number of guanidine groups is 1. The summed E-state index contributed by atoms with van der Waals surface area (Å²) in [6.07, 6.45) is 3.56. The van der Waals surface area contributed by atoms with Gasteiger partial charge in [-0.1, -0.05) is 31.5 Å². The first-order valence-corrected chi connectivity index (χ1v) is 9.33. The van der Waals surface area contributed by atoms with Gasteiger partial charge in [0.05, 0.1) is 10.7 Å². The Morgan fingerprint density at radius 1 is 1.24 bits per heavy atom. The van der Waals surface area contributed by atoms with E-state index in [1.807, 2.05) is 12.1 Å². The fourth-order valence-corrected chi connectivity index (χ4v) is 3.09. The quantitative estimate of drug-likeness (QED) is 0.266. The second-order valence-electron chi connectivity index (χ2n) is 5.75. The molecule has 0 radical (unpaired) electrons. The number of nitrogens with zero attached hydrogens (tertiary/aromatic N) is 3. The maximum Gasteiger partial charge on any atom is 0.190 e. The van der Waals surface area contributed by atoms with Crippen molar-refractivity contribution in [2.45, 2.75) is 32.6 Å². The molecule has 0 fully saturated rings. The Bertz CT molecular complexity index is 657. The minimum atomic E-state index is 0. The first kappa shape index (κ1) is 22.1. The van der Waals surface area contributed by atoms with Crippen LogP contribution in [0.15, 0.2) is 28.7 Å². The van der Waals surface area contributed by atoms with E-state index in [0.29, 0.717) is 11.1 Å². The van der Waals surface area contributed by atoms with Gasteiger partial charge >= 0.3 is 0 Å². The molecule has 8 heteroatoms. The normalized spacial score (nSPS) is 11.3. The van der Waals surface area contributed by atoms with E-state index in [0.717, 1.165) is 43.1 Å². The second kappa shape index (κ2) is 11.6. The molecule has 2 aromatic heterocycles. The molecule has 2 N–H and O–H groups in total. The van der Waals surface area contributed by atoms with Gasteiger partial charge in [0.15, 0.2) is 5.96 Å². The Morgan fingerprint density at radius 2 is 1.96 bits per heavy atom. The highest BCUT2D eigenvalue weighted by Gasteiger charge is 2.06. The van der Waals surface area contributed by atoms with Crippen molar-refractivity contribution >= 4 is 52.9 Å².